The molecule has 3 N–H and O–H groups in total. The van der Waals surface area contributed by atoms with Crippen LogP contribution in [0.15, 0.2) is 29.8 Å². The van der Waals surface area contributed by atoms with Crippen LogP contribution < -0.4 is 15.5 Å². The average Bonchev–Trinajstić information content (AvgIpc) is 3.17. The molecule has 170 valence electrons. The van der Waals surface area contributed by atoms with Crippen molar-refractivity contribution in [3.8, 4) is 0 Å². The minimum atomic E-state index is -0.771. The normalized spacial score (nSPS) is 20.5. The summed E-state index contributed by atoms with van der Waals surface area (Å²) in [4.78, 5) is 29.3. The molecule has 1 amide bonds. The van der Waals surface area contributed by atoms with E-state index in [-0.39, 0.29) is 5.91 Å². The Labute approximate surface area is 194 Å². The van der Waals surface area contributed by atoms with Crippen LogP contribution in [0, 0.1) is 6.92 Å². The second-order valence-corrected chi connectivity index (χ2v) is 9.83. The molecule has 1 saturated carbocycles. The first-order valence-electron chi connectivity index (χ1n) is 11.2. The third-order valence-corrected chi connectivity index (χ3v) is 7.32. The summed E-state index contributed by atoms with van der Waals surface area (Å²) >= 11 is 1.43. The van der Waals surface area contributed by atoms with Gasteiger partial charge in [-0.1, -0.05) is 0 Å². The van der Waals surface area contributed by atoms with Gasteiger partial charge in [-0.15, -0.1) is 11.3 Å². The topological polar surface area (TPSA) is 116 Å². The molecule has 1 saturated heterocycles. The highest BCUT2D eigenvalue weighted by molar-refractivity contribution is 7.13. The van der Waals surface area contributed by atoms with Crippen molar-refractivity contribution >= 4 is 45.7 Å². The largest absolute Gasteiger partial charge is 0.326 e. The predicted molar refractivity (Wildman–Crippen MR) is 127 cm³/mol. The van der Waals surface area contributed by atoms with Crippen LogP contribution in [0.25, 0.3) is 5.65 Å². The zero-order chi connectivity index (χ0) is 22.6. The SMILES string of the molecule is Cc1csc(NC(=O)[C@]2(C)CCCN2c2nc(Nc3cc(C4CC4)[nH]n3)n3cccc3n2)n1. The monoisotopic (exact) mass is 463 g/mol. The molecule has 1 aliphatic carbocycles. The number of rotatable bonds is 6. The lowest BCUT2D eigenvalue weighted by molar-refractivity contribution is -0.120. The van der Waals surface area contributed by atoms with E-state index in [4.69, 9.17) is 9.97 Å². The van der Waals surface area contributed by atoms with Gasteiger partial charge in [0.15, 0.2) is 10.9 Å². The number of aromatic amines is 1. The third-order valence-electron chi connectivity index (χ3n) is 6.44. The second kappa shape index (κ2) is 7.55. The molecule has 1 aliphatic heterocycles. The van der Waals surface area contributed by atoms with Crippen molar-refractivity contribution in [1.82, 2.24) is 29.5 Å². The maximum absolute atomic E-state index is 13.3. The lowest BCUT2D eigenvalue weighted by atomic mass is 9.98. The van der Waals surface area contributed by atoms with Crippen LogP contribution in [-0.4, -0.2) is 47.5 Å². The van der Waals surface area contributed by atoms with Gasteiger partial charge in [0.25, 0.3) is 5.91 Å². The Morgan fingerprint density at radius 3 is 2.97 bits per heavy atom. The van der Waals surface area contributed by atoms with Crippen molar-refractivity contribution in [3.63, 3.8) is 0 Å². The summed E-state index contributed by atoms with van der Waals surface area (Å²) in [6, 6.07) is 5.90. The minimum Gasteiger partial charge on any atom is -0.326 e. The molecule has 11 heteroatoms. The summed E-state index contributed by atoms with van der Waals surface area (Å²) in [7, 11) is 0. The smallest absolute Gasteiger partial charge is 0.251 e. The molecule has 0 aromatic carbocycles. The van der Waals surface area contributed by atoms with Gasteiger partial charge in [0.2, 0.25) is 11.9 Å². The van der Waals surface area contributed by atoms with Crippen LogP contribution in [0.1, 0.15) is 49.9 Å². The molecule has 0 bridgehead atoms. The number of aromatic nitrogens is 6. The number of anilines is 4. The van der Waals surface area contributed by atoms with E-state index in [1.54, 1.807) is 0 Å². The van der Waals surface area contributed by atoms with Crippen LogP contribution in [0.4, 0.5) is 22.8 Å². The summed E-state index contributed by atoms with van der Waals surface area (Å²) < 4.78 is 1.89. The summed E-state index contributed by atoms with van der Waals surface area (Å²) in [6.45, 7) is 4.56. The first-order valence-corrected chi connectivity index (χ1v) is 12.1. The minimum absolute atomic E-state index is 0.0934. The molecular formula is C22H25N9OS. The van der Waals surface area contributed by atoms with Crippen LogP contribution >= 0.6 is 11.3 Å². The zero-order valence-corrected chi connectivity index (χ0v) is 19.3. The Kier molecular flexibility index (Phi) is 4.61. The van der Waals surface area contributed by atoms with Crippen LogP contribution in [0.2, 0.25) is 0 Å². The molecular weight excluding hydrogens is 438 g/mol. The molecule has 6 rings (SSSR count). The summed E-state index contributed by atoms with van der Waals surface area (Å²) in [5.74, 6) is 2.35. The van der Waals surface area contributed by atoms with Gasteiger partial charge in [0.1, 0.15) is 11.2 Å². The molecule has 0 radical (unpaired) electrons. The van der Waals surface area contributed by atoms with Gasteiger partial charge in [-0.3, -0.25) is 19.6 Å². The average molecular weight is 464 g/mol. The van der Waals surface area contributed by atoms with Crippen LogP contribution in [-0.2, 0) is 4.79 Å². The van der Waals surface area contributed by atoms with Gasteiger partial charge in [0.05, 0.1) is 5.69 Å². The predicted octanol–water partition coefficient (Wildman–Crippen LogP) is 3.84. The Hall–Kier alpha value is -3.47. The molecule has 2 fully saturated rings. The second-order valence-electron chi connectivity index (χ2n) is 8.97. The molecule has 4 aromatic heterocycles. The summed E-state index contributed by atoms with van der Waals surface area (Å²) in [5, 5.41) is 16.4. The Morgan fingerprint density at radius 2 is 2.18 bits per heavy atom. The number of hydrogen-bond donors (Lipinski definition) is 3. The fourth-order valence-electron chi connectivity index (χ4n) is 4.41. The van der Waals surface area contributed by atoms with E-state index in [0.717, 1.165) is 29.3 Å². The van der Waals surface area contributed by atoms with E-state index >= 15 is 0 Å². The number of carbonyl (C=O) groups excluding carboxylic acids is 1. The molecule has 2 aliphatic rings. The fourth-order valence-corrected chi connectivity index (χ4v) is 5.09. The maximum atomic E-state index is 13.3. The number of thiazole rings is 1. The Morgan fingerprint density at radius 1 is 1.30 bits per heavy atom. The standard InChI is InChI=1S/C22H25N9OS/c1-13-12-33-21(23-13)26-18(32)22(2)8-4-10-31(22)20-25-17-5-3-9-30(17)19(27-20)24-16-11-15(28-29-16)14-6-7-14/h3,5,9,11-12,14H,4,6-8,10H2,1-2H3,(H,23,26,32)(H2,24,25,27,28,29)/t22-/m0/s1. The van der Waals surface area contributed by atoms with Gasteiger partial charge < -0.3 is 10.2 Å². The first-order chi connectivity index (χ1) is 16.0. The van der Waals surface area contributed by atoms with Crippen molar-refractivity contribution in [2.75, 3.05) is 22.1 Å². The number of amides is 1. The van der Waals surface area contributed by atoms with Gasteiger partial charge in [-0.05, 0) is 51.7 Å². The van der Waals surface area contributed by atoms with E-state index < -0.39 is 5.54 Å². The quantitative estimate of drug-likeness (QED) is 0.398. The third kappa shape index (κ3) is 3.62. The molecule has 0 unspecified atom stereocenters. The number of H-pyrrole nitrogens is 1. The highest BCUT2D eigenvalue weighted by Gasteiger charge is 2.45. The van der Waals surface area contributed by atoms with E-state index in [1.807, 2.05) is 52.9 Å². The fraction of sp³-hybridized carbons (Fsp3) is 0.409. The summed E-state index contributed by atoms with van der Waals surface area (Å²) in [6.07, 6.45) is 5.92. The van der Waals surface area contributed by atoms with Gasteiger partial charge in [-0.25, -0.2) is 4.98 Å². The molecule has 1 atom stereocenters. The highest BCUT2D eigenvalue weighted by atomic mass is 32.1. The number of hydrogen-bond acceptors (Lipinski definition) is 8. The summed E-state index contributed by atoms with van der Waals surface area (Å²) in [5.41, 5.74) is 2.03. The van der Waals surface area contributed by atoms with Gasteiger partial charge in [0, 0.05) is 35.8 Å². The Balaban J connectivity index is 1.32. The number of carbonyl (C=O) groups is 1. The number of nitrogens with one attached hydrogen (secondary N) is 3. The Bertz CT molecular complexity index is 1340. The zero-order valence-electron chi connectivity index (χ0n) is 18.5. The number of fused-ring (bicyclic) bond motifs is 1. The molecule has 10 nitrogen and oxygen atoms in total. The first kappa shape index (κ1) is 20.2. The van der Waals surface area contributed by atoms with Crippen molar-refractivity contribution in [2.45, 2.75) is 51.0 Å². The maximum Gasteiger partial charge on any atom is 0.251 e. The number of aryl methyl sites for hydroxylation is 1. The number of nitrogens with zero attached hydrogens (tertiary/aromatic N) is 6. The van der Waals surface area contributed by atoms with E-state index in [1.165, 1.54) is 24.2 Å². The van der Waals surface area contributed by atoms with Crippen LogP contribution in [0.5, 0.6) is 0 Å². The van der Waals surface area contributed by atoms with E-state index in [9.17, 15) is 4.79 Å². The molecule has 0 spiro atoms. The van der Waals surface area contributed by atoms with Crippen molar-refractivity contribution in [3.05, 3.63) is 41.2 Å². The molecule has 5 heterocycles. The van der Waals surface area contributed by atoms with Gasteiger partial charge >= 0.3 is 0 Å². The highest BCUT2D eigenvalue weighted by Crippen LogP contribution is 2.40. The van der Waals surface area contributed by atoms with Crippen molar-refractivity contribution in [1.29, 1.82) is 0 Å². The van der Waals surface area contributed by atoms with Crippen LogP contribution in [0.3, 0.4) is 0 Å². The lowest BCUT2D eigenvalue weighted by Crippen LogP contribution is -2.51. The molecule has 4 aromatic rings. The lowest BCUT2D eigenvalue weighted by Gasteiger charge is -2.33. The van der Waals surface area contributed by atoms with E-state index in [0.29, 0.717) is 35.9 Å². The van der Waals surface area contributed by atoms with Crippen molar-refractivity contribution < 1.29 is 4.79 Å². The van der Waals surface area contributed by atoms with Crippen molar-refractivity contribution in [2.24, 2.45) is 0 Å². The van der Waals surface area contributed by atoms with E-state index in [2.05, 4.69) is 25.8 Å². The van der Waals surface area contributed by atoms with Gasteiger partial charge in [-0.2, -0.15) is 15.1 Å². The molecule has 33 heavy (non-hydrogen) atoms.